The third-order valence-corrected chi connectivity index (χ3v) is 6.43. The largest absolute Gasteiger partial charge is 0.378 e. The summed E-state index contributed by atoms with van der Waals surface area (Å²) in [7, 11) is 0. The van der Waals surface area contributed by atoms with Crippen molar-refractivity contribution in [1.29, 1.82) is 5.26 Å². The second-order valence-electron chi connectivity index (χ2n) is 7.34. The molecule has 1 fully saturated rings. The number of ether oxygens (including phenoxy) is 1. The van der Waals surface area contributed by atoms with Gasteiger partial charge in [-0.2, -0.15) is 5.26 Å². The molecule has 1 aliphatic rings. The Labute approximate surface area is 193 Å². The highest BCUT2D eigenvalue weighted by Crippen LogP contribution is 2.12. The summed E-state index contributed by atoms with van der Waals surface area (Å²) in [6.45, 7) is 3.63. The number of halogens is 1. The Bertz CT molecular complexity index is 1380. The summed E-state index contributed by atoms with van der Waals surface area (Å²) in [5, 5.41) is 10.4. The number of nitriles is 1. The summed E-state index contributed by atoms with van der Waals surface area (Å²) >= 11 is 7.16. The van der Waals surface area contributed by atoms with Crippen LogP contribution in [0.25, 0.3) is 17.3 Å². The maximum atomic E-state index is 13.4. The predicted molar refractivity (Wildman–Crippen MR) is 125 cm³/mol. The van der Waals surface area contributed by atoms with Gasteiger partial charge in [-0.25, -0.2) is 0 Å². The topological polar surface area (TPSA) is 75.3 Å². The van der Waals surface area contributed by atoms with E-state index in [9.17, 15) is 14.9 Å². The highest BCUT2D eigenvalue weighted by molar-refractivity contribution is 7.07. The number of aromatic nitrogens is 1. The molecule has 2 heterocycles. The zero-order valence-electron chi connectivity index (χ0n) is 17.4. The van der Waals surface area contributed by atoms with E-state index in [1.807, 2.05) is 37.3 Å². The Kier molecular flexibility index (Phi) is 6.56. The highest BCUT2D eigenvalue weighted by Gasteiger charge is 2.24. The fourth-order valence-corrected chi connectivity index (χ4v) is 4.72. The van der Waals surface area contributed by atoms with Crippen LogP contribution >= 0.6 is 22.9 Å². The lowest BCUT2D eigenvalue weighted by Gasteiger charge is -2.26. The lowest BCUT2D eigenvalue weighted by atomic mass is 10.1. The first-order valence-corrected chi connectivity index (χ1v) is 11.2. The van der Waals surface area contributed by atoms with E-state index in [1.165, 1.54) is 4.57 Å². The zero-order valence-corrected chi connectivity index (χ0v) is 18.9. The number of carbonyl (C=O) groups is 1. The fourth-order valence-electron chi connectivity index (χ4n) is 3.50. The molecule has 1 amide bonds. The minimum Gasteiger partial charge on any atom is -0.378 e. The number of hydrogen-bond acceptors (Lipinski definition) is 5. The normalized spacial score (nSPS) is 15.4. The van der Waals surface area contributed by atoms with Crippen LogP contribution in [0.5, 0.6) is 0 Å². The SMILES string of the molecule is Cc1cccc(/C=c2\s/c(=C(/C#N)C(=O)N3CCOCC3)n(-c3ccc(Cl)cc3)c2=O)c1. The van der Waals surface area contributed by atoms with Crippen molar-refractivity contribution >= 4 is 40.5 Å². The van der Waals surface area contributed by atoms with Gasteiger partial charge in [-0.05, 0) is 42.8 Å². The third kappa shape index (κ3) is 4.53. The zero-order chi connectivity index (χ0) is 22.7. The number of rotatable bonds is 3. The van der Waals surface area contributed by atoms with E-state index in [4.69, 9.17) is 16.3 Å². The van der Waals surface area contributed by atoms with E-state index in [0.717, 1.165) is 22.5 Å². The number of carbonyl (C=O) groups excluding carboxylic acids is 1. The van der Waals surface area contributed by atoms with Gasteiger partial charge in [0.1, 0.15) is 10.7 Å². The van der Waals surface area contributed by atoms with Crippen LogP contribution in [0.1, 0.15) is 11.1 Å². The molecule has 0 bridgehead atoms. The fraction of sp³-hybridized carbons (Fsp3) is 0.208. The molecule has 0 saturated carbocycles. The molecule has 1 saturated heterocycles. The van der Waals surface area contributed by atoms with Crippen molar-refractivity contribution in [3.05, 3.63) is 84.2 Å². The van der Waals surface area contributed by atoms with E-state index in [1.54, 1.807) is 35.2 Å². The second-order valence-corrected chi connectivity index (χ2v) is 8.81. The molecule has 1 aliphatic heterocycles. The Balaban J connectivity index is 1.99. The molecule has 0 N–H and O–H groups in total. The number of nitrogens with zero attached hydrogens (tertiary/aromatic N) is 3. The molecule has 8 heteroatoms. The lowest BCUT2D eigenvalue weighted by molar-refractivity contribution is -0.128. The maximum absolute atomic E-state index is 13.4. The van der Waals surface area contributed by atoms with Gasteiger partial charge in [-0.1, -0.05) is 41.4 Å². The minimum absolute atomic E-state index is 0.0622. The van der Waals surface area contributed by atoms with Crippen molar-refractivity contribution in [2.75, 3.05) is 26.3 Å². The lowest BCUT2D eigenvalue weighted by Crippen LogP contribution is -2.42. The summed E-state index contributed by atoms with van der Waals surface area (Å²) in [5.74, 6) is -0.401. The first-order valence-electron chi connectivity index (χ1n) is 10.1. The van der Waals surface area contributed by atoms with Gasteiger partial charge in [0.25, 0.3) is 11.5 Å². The van der Waals surface area contributed by atoms with Crippen LogP contribution in [0.4, 0.5) is 0 Å². The highest BCUT2D eigenvalue weighted by atomic mass is 35.5. The van der Waals surface area contributed by atoms with Gasteiger partial charge < -0.3 is 9.64 Å². The number of aryl methyl sites for hydroxylation is 1. The molecule has 4 rings (SSSR count). The van der Waals surface area contributed by atoms with Crippen LogP contribution < -0.4 is 14.8 Å². The standard InChI is InChI=1S/C24H20ClN3O3S/c1-16-3-2-4-17(13-16)14-21-23(30)28(19-7-5-18(25)6-8-19)24(32-21)20(15-26)22(29)27-9-11-31-12-10-27/h2-8,13-14H,9-12H2,1H3/b21-14-,24-20-. The van der Waals surface area contributed by atoms with Crippen molar-refractivity contribution in [3.8, 4) is 11.8 Å². The van der Waals surface area contributed by atoms with E-state index in [-0.39, 0.29) is 11.1 Å². The van der Waals surface area contributed by atoms with Crippen molar-refractivity contribution in [2.24, 2.45) is 0 Å². The Morgan fingerprint density at radius 2 is 1.91 bits per heavy atom. The molecule has 0 aliphatic carbocycles. The summed E-state index contributed by atoms with van der Waals surface area (Å²) in [4.78, 5) is 28.2. The minimum atomic E-state index is -0.401. The molecule has 0 spiro atoms. The molecule has 162 valence electrons. The first kappa shape index (κ1) is 22.0. The monoisotopic (exact) mass is 465 g/mol. The number of hydrogen-bond donors (Lipinski definition) is 0. The van der Waals surface area contributed by atoms with E-state index in [0.29, 0.717) is 46.2 Å². The van der Waals surface area contributed by atoms with Crippen LogP contribution in [-0.2, 0) is 9.53 Å². The van der Waals surface area contributed by atoms with Crippen LogP contribution in [0, 0.1) is 18.3 Å². The number of amides is 1. The van der Waals surface area contributed by atoms with Crippen molar-refractivity contribution < 1.29 is 9.53 Å². The predicted octanol–water partition coefficient (Wildman–Crippen LogP) is 2.22. The molecule has 1 aromatic heterocycles. The average molecular weight is 466 g/mol. The quantitative estimate of drug-likeness (QED) is 0.594. The van der Waals surface area contributed by atoms with Gasteiger partial charge in [-0.15, -0.1) is 11.3 Å². The van der Waals surface area contributed by atoms with E-state index in [2.05, 4.69) is 0 Å². The number of benzene rings is 2. The molecule has 32 heavy (non-hydrogen) atoms. The first-order chi connectivity index (χ1) is 15.5. The van der Waals surface area contributed by atoms with Gasteiger partial charge in [-0.3, -0.25) is 14.2 Å². The Hall–Kier alpha value is -3.18. The summed E-state index contributed by atoms with van der Waals surface area (Å²) < 4.78 is 7.47. The molecule has 6 nitrogen and oxygen atoms in total. The molecule has 3 aromatic rings. The molecular formula is C24H20ClN3O3S. The summed E-state index contributed by atoms with van der Waals surface area (Å²) in [6.07, 6.45) is 1.78. The number of thiazole rings is 1. The molecule has 2 aromatic carbocycles. The Morgan fingerprint density at radius 3 is 2.56 bits per heavy atom. The molecule has 0 unspecified atom stereocenters. The average Bonchev–Trinajstić information content (AvgIpc) is 3.11. The van der Waals surface area contributed by atoms with Crippen molar-refractivity contribution in [2.45, 2.75) is 6.92 Å². The molecule has 0 radical (unpaired) electrons. The van der Waals surface area contributed by atoms with Gasteiger partial charge >= 0.3 is 0 Å². The van der Waals surface area contributed by atoms with E-state index >= 15 is 0 Å². The summed E-state index contributed by atoms with van der Waals surface area (Å²) in [5.41, 5.74) is 2.12. The van der Waals surface area contributed by atoms with E-state index < -0.39 is 5.91 Å². The molecular weight excluding hydrogens is 446 g/mol. The van der Waals surface area contributed by atoms with Gasteiger partial charge in [0.2, 0.25) is 0 Å². The van der Waals surface area contributed by atoms with Crippen LogP contribution in [0.3, 0.4) is 0 Å². The summed E-state index contributed by atoms with van der Waals surface area (Å²) in [6, 6.07) is 16.6. The van der Waals surface area contributed by atoms with Gasteiger partial charge in [0.05, 0.1) is 23.4 Å². The van der Waals surface area contributed by atoms with Crippen LogP contribution in [-0.4, -0.2) is 41.7 Å². The smallest absolute Gasteiger partial charge is 0.273 e. The maximum Gasteiger partial charge on any atom is 0.273 e. The van der Waals surface area contributed by atoms with Gasteiger partial charge in [0.15, 0.2) is 5.57 Å². The van der Waals surface area contributed by atoms with Crippen molar-refractivity contribution in [1.82, 2.24) is 9.47 Å². The van der Waals surface area contributed by atoms with Crippen LogP contribution in [0.15, 0.2) is 53.3 Å². The van der Waals surface area contributed by atoms with Gasteiger partial charge in [0, 0.05) is 18.1 Å². The van der Waals surface area contributed by atoms with Crippen molar-refractivity contribution in [3.63, 3.8) is 0 Å². The Morgan fingerprint density at radius 1 is 1.19 bits per heavy atom. The third-order valence-electron chi connectivity index (χ3n) is 5.09. The molecule has 0 atom stereocenters. The second kappa shape index (κ2) is 9.53. The number of morpholine rings is 1. The van der Waals surface area contributed by atoms with Crippen LogP contribution in [0.2, 0.25) is 5.02 Å².